The van der Waals surface area contributed by atoms with E-state index < -0.39 is 0 Å². The first-order chi connectivity index (χ1) is 10.6. The van der Waals surface area contributed by atoms with Crippen molar-refractivity contribution in [1.29, 1.82) is 0 Å². The second-order valence-corrected chi connectivity index (χ2v) is 6.09. The van der Waals surface area contributed by atoms with E-state index in [1.165, 1.54) is 12.8 Å². The maximum atomic E-state index is 12.2. The predicted molar refractivity (Wildman–Crippen MR) is 87.7 cm³/mol. The van der Waals surface area contributed by atoms with E-state index >= 15 is 0 Å². The summed E-state index contributed by atoms with van der Waals surface area (Å²) in [6.07, 6.45) is 4.45. The summed E-state index contributed by atoms with van der Waals surface area (Å²) in [5, 5.41) is 5.32. The summed E-state index contributed by atoms with van der Waals surface area (Å²) in [4.78, 5) is 25.7. The summed E-state index contributed by atoms with van der Waals surface area (Å²) < 4.78 is 0. The van der Waals surface area contributed by atoms with Gasteiger partial charge in [-0.3, -0.25) is 4.79 Å². The highest BCUT2D eigenvalue weighted by atomic mass is 16.2. The van der Waals surface area contributed by atoms with Crippen molar-refractivity contribution in [3.05, 3.63) is 30.3 Å². The monoisotopic (exact) mass is 303 g/mol. The topological polar surface area (TPSA) is 61.4 Å². The smallest absolute Gasteiger partial charge is 0.319 e. The van der Waals surface area contributed by atoms with E-state index in [-0.39, 0.29) is 18.5 Å². The number of carbonyl (C=O) groups is 2. The largest absolute Gasteiger partial charge is 0.341 e. The highest BCUT2D eigenvalue weighted by molar-refractivity contribution is 5.92. The lowest BCUT2D eigenvalue weighted by Gasteiger charge is -2.33. The fourth-order valence-electron chi connectivity index (χ4n) is 2.81. The van der Waals surface area contributed by atoms with E-state index in [0.29, 0.717) is 11.7 Å². The average molecular weight is 303 g/mol. The van der Waals surface area contributed by atoms with Gasteiger partial charge in [0, 0.05) is 18.8 Å². The minimum absolute atomic E-state index is 0.0290. The summed E-state index contributed by atoms with van der Waals surface area (Å²) >= 11 is 0. The van der Waals surface area contributed by atoms with Crippen LogP contribution in [0.3, 0.4) is 0 Å². The van der Waals surface area contributed by atoms with E-state index in [4.69, 9.17) is 0 Å². The van der Waals surface area contributed by atoms with Crippen molar-refractivity contribution in [2.75, 3.05) is 18.9 Å². The van der Waals surface area contributed by atoms with Crippen LogP contribution in [0.25, 0.3) is 0 Å². The van der Waals surface area contributed by atoms with E-state index in [0.717, 1.165) is 18.8 Å². The second-order valence-electron chi connectivity index (χ2n) is 6.09. The van der Waals surface area contributed by atoms with Crippen molar-refractivity contribution >= 4 is 17.6 Å². The molecule has 1 aromatic carbocycles. The van der Waals surface area contributed by atoms with Crippen LogP contribution in [-0.4, -0.2) is 36.5 Å². The molecule has 0 heterocycles. The van der Waals surface area contributed by atoms with Crippen LogP contribution in [0.5, 0.6) is 0 Å². The quantitative estimate of drug-likeness (QED) is 0.898. The van der Waals surface area contributed by atoms with Gasteiger partial charge in [-0.15, -0.1) is 0 Å². The van der Waals surface area contributed by atoms with Crippen LogP contribution in [0.4, 0.5) is 10.5 Å². The Hall–Kier alpha value is -2.04. The highest BCUT2D eigenvalue weighted by Gasteiger charge is 2.24. The first-order valence-electron chi connectivity index (χ1n) is 7.92. The third kappa shape index (κ3) is 4.76. The molecule has 1 aromatic rings. The molecule has 120 valence electrons. The Morgan fingerprint density at radius 2 is 1.77 bits per heavy atom. The van der Waals surface area contributed by atoms with Crippen LogP contribution in [0, 0.1) is 5.92 Å². The van der Waals surface area contributed by atoms with E-state index in [9.17, 15) is 9.59 Å². The Bertz CT molecular complexity index is 496. The average Bonchev–Trinajstić information content (AvgIpc) is 2.53. The van der Waals surface area contributed by atoms with Crippen LogP contribution in [0.2, 0.25) is 0 Å². The number of hydrogen-bond donors (Lipinski definition) is 2. The van der Waals surface area contributed by atoms with Gasteiger partial charge in [0.05, 0.1) is 6.54 Å². The van der Waals surface area contributed by atoms with E-state index in [1.807, 2.05) is 25.2 Å². The van der Waals surface area contributed by atoms with Crippen LogP contribution in [0.1, 0.15) is 32.6 Å². The van der Waals surface area contributed by atoms with Gasteiger partial charge < -0.3 is 15.5 Å². The number of urea groups is 1. The Morgan fingerprint density at radius 1 is 1.14 bits per heavy atom. The van der Waals surface area contributed by atoms with Crippen molar-refractivity contribution in [1.82, 2.24) is 10.2 Å². The molecular formula is C17H25N3O2. The van der Waals surface area contributed by atoms with Crippen LogP contribution >= 0.6 is 0 Å². The van der Waals surface area contributed by atoms with Gasteiger partial charge in [-0.25, -0.2) is 4.79 Å². The zero-order chi connectivity index (χ0) is 15.9. The first kappa shape index (κ1) is 16.3. The standard InChI is InChI=1S/C17H25N3O2/c1-13-8-10-15(11-9-13)20(2)16(21)12-18-17(22)19-14-6-4-3-5-7-14/h3-7,13,15H,8-12H2,1-2H3,(H2,18,19,22). The van der Waals surface area contributed by atoms with Gasteiger partial charge >= 0.3 is 6.03 Å². The van der Waals surface area contributed by atoms with Crippen molar-refractivity contribution in [3.8, 4) is 0 Å². The molecule has 2 rings (SSSR count). The molecule has 0 radical (unpaired) electrons. The molecule has 0 aromatic heterocycles. The molecule has 5 heteroatoms. The molecule has 0 unspecified atom stereocenters. The number of carbonyl (C=O) groups excluding carboxylic acids is 2. The summed E-state index contributed by atoms with van der Waals surface area (Å²) in [5.41, 5.74) is 0.710. The summed E-state index contributed by atoms with van der Waals surface area (Å²) in [7, 11) is 1.83. The molecule has 5 nitrogen and oxygen atoms in total. The number of likely N-dealkylation sites (N-methyl/N-ethyl adjacent to an activating group) is 1. The van der Waals surface area contributed by atoms with Crippen molar-refractivity contribution in [2.24, 2.45) is 5.92 Å². The second kappa shape index (κ2) is 7.82. The SMILES string of the molecule is CC1CCC(N(C)C(=O)CNC(=O)Nc2ccccc2)CC1. The predicted octanol–water partition coefficient (Wildman–Crippen LogP) is 2.85. The van der Waals surface area contributed by atoms with E-state index in [2.05, 4.69) is 17.6 Å². The lowest BCUT2D eigenvalue weighted by molar-refractivity contribution is -0.131. The number of hydrogen-bond acceptors (Lipinski definition) is 2. The van der Waals surface area contributed by atoms with Crippen LogP contribution < -0.4 is 10.6 Å². The molecule has 1 saturated carbocycles. The molecule has 1 aliphatic carbocycles. The zero-order valence-corrected chi connectivity index (χ0v) is 13.3. The molecule has 0 spiro atoms. The minimum Gasteiger partial charge on any atom is -0.341 e. The molecule has 1 aliphatic rings. The molecule has 3 amide bonds. The fourth-order valence-corrected chi connectivity index (χ4v) is 2.81. The third-order valence-electron chi connectivity index (χ3n) is 4.36. The molecule has 0 bridgehead atoms. The van der Waals surface area contributed by atoms with Gasteiger partial charge in [0.1, 0.15) is 0 Å². The van der Waals surface area contributed by atoms with Crippen LogP contribution in [0.15, 0.2) is 30.3 Å². The summed E-state index contributed by atoms with van der Waals surface area (Å²) in [5.74, 6) is 0.720. The normalized spacial score (nSPS) is 21.0. The molecule has 1 fully saturated rings. The lowest BCUT2D eigenvalue weighted by Crippen LogP contribution is -2.45. The Morgan fingerprint density at radius 3 is 2.41 bits per heavy atom. The number of para-hydroxylation sites is 1. The van der Waals surface area contributed by atoms with Gasteiger partial charge in [0.15, 0.2) is 0 Å². The van der Waals surface area contributed by atoms with E-state index in [1.54, 1.807) is 17.0 Å². The van der Waals surface area contributed by atoms with Gasteiger partial charge in [-0.1, -0.05) is 25.1 Å². The summed E-state index contributed by atoms with van der Waals surface area (Å²) in [6, 6.07) is 9.13. The number of amides is 3. The Kier molecular flexibility index (Phi) is 5.81. The van der Waals surface area contributed by atoms with Gasteiger partial charge in [0.25, 0.3) is 0 Å². The molecule has 2 N–H and O–H groups in total. The molecule has 22 heavy (non-hydrogen) atoms. The molecule has 0 atom stereocenters. The number of rotatable bonds is 4. The fraction of sp³-hybridized carbons (Fsp3) is 0.529. The van der Waals surface area contributed by atoms with Gasteiger partial charge in [0.2, 0.25) is 5.91 Å². The maximum Gasteiger partial charge on any atom is 0.319 e. The highest BCUT2D eigenvalue weighted by Crippen LogP contribution is 2.26. The number of nitrogens with one attached hydrogen (secondary N) is 2. The van der Waals surface area contributed by atoms with Gasteiger partial charge in [-0.2, -0.15) is 0 Å². The Balaban J connectivity index is 1.73. The van der Waals surface area contributed by atoms with Crippen molar-refractivity contribution in [2.45, 2.75) is 38.6 Å². The lowest BCUT2D eigenvalue weighted by atomic mass is 9.87. The van der Waals surface area contributed by atoms with Crippen molar-refractivity contribution in [3.63, 3.8) is 0 Å². The number of anilines is 1. The number of benzene rings is 1. The zero-order valence-electron chi connectivity index (χ0n) is 13.3. The third-order valence-corrected chi connectivity index (χ3v) is 4.36. The van der Waals surface area contributed by atoms with Crippen LogP contribution in [-0.2, 0) is 4.79 Å². The first-order valence-corrected chi connectivity index (χ1v) is 7.92. The minimum atomic E-state index is -0.356. The maximum absolute atomic E-state index is 12.2. The molecular weight excluding hydrogens is 278 g/mol. The number of nitrogens with zero attached hydrogens (tertiary/aromatic N) is 1. The van der Waals surface area contributed by atoms with Gasteiger partial charge in [-0.05, 0) is 43.7 Å². The molecule has 0 aliphatic heterocycles. The summed E-state index contributed by atoms with van der Waals surface area (Å²) in [6.45, 7) is 2.29. The molecule has 0 saturated heterocycles. The Labute approximate surface area is 132 Å². The van der Waals surface area contributed by atoms with Crippen molar-refractivity contribution < 1.29 is 9.59 Å².